The van der Waals surface area contributed by atoms with Crippen LogP contribution in [-0.2, 0) is 15.7 Å². The minimum atomic E-state index is -5.19. The molecule has 0 heterocycles. The normalized spacial score (nSPS) is 10.8. The van der Waals surface area contributed by atoms with Gasteiger partial charge in [0.15, 0.2) is 14.7 Å². The summed E-state index contributed by atoms with van der Waals surface area (Å²) in [6, 6.07) is 29.8. The highest BCUT2D eigenvalue weighted by Gasteiger charge is 2.29. The molecule has 0 fully saturated rings. The van der Waals surface area contributed by atoms with Gasteiger partial charge in [0.2, 0.25) is 0 Å². The predicted octanol–water partition coefficient (Wildman–Crippen LogP) is 4.48. The summed E-state index contributed by atoms with van der Waals surface area (Å²) in [5, 5.41) is 8.78. The maximum absolute atomic E-state index is 10.5. The number of carboxylic acids is 1. The Balaban J connectivity index is 0.000000370. The first kappa shape index (κ1) is 22.4. The van der Waals surface area contributed by atoms with E-state index >= 15 is 0 Å². The van der Waals surface area contributed by atoms with Gasteiger partial charge in [0.1, 0.15) is 11.7 Å². The van der Waals surface area contributed by atoms with E-state index in [0.717, 1.165) is 5.75 Å². The number of rotatable bonds is 5. The number of aliphatic carboxylic acids is 1. The Morgan fingerprint density at radius 3 is 1.55 bits per heavy atom. The third-order valence-corrected chi connectivity index (χ3v) is 5.79. The van der Waals surface area contributed by atoms with Gasteiger partial charge in [-0.05, 0) is 55.5 Å². The van der Waals surface area contributed by atoms with Crippen LogP contribution in [0.1, 0.15) is 6.92 Å². The highest BCUT2D eigenvalue weighted by atomic mass is 32.2. The summed E-state index contributed by atoms with van der Waals surface area (Å²) >= 11 is 0. The summed E-state index contributed by atoms with van der Waals surface area (Å²) in [6.07, 6.45) is -5.19. The van der Waals surface area contributed by atoms with Crippen LogP contribution in [0.4, 0.5) is 13.2 Å². The Kier molecular flexibility index (Phi) is 8.15. The Bertz CT molecular complexity index is 843. The topological polar surface area (TPSA) is 49.4 Å². The van der Waals surface area contributed by atoms with Gasteiger partial charge in [-0.25, -0.2) is 0 Å². The van der Waals surface area contributed by atoms with Crippen molar-refractivity contribution in [2.75, 3.05) is 6.61 Å². The molecular formula is C22H19F3O3S. The number of carbonyl (C=O) groups excluding carboxylic acids is 1. The Hall–Kier alpha value is -2.93. The molecule has 0 aliphatic carbocycles. The molecule has 0 aliphatic heterocycles. The molecule has 3 aromatic rings. The summed E-state index contributed by atoms with van der Waals surface area (Å²) in [6.45, 7) is 2.70. The molecule has 0 bridgehead atoms. The first-order valence-electron chi connectivity index (χ1n) is 8.68. The van der Waals surface area contributed by atoms with E-state index in [1.165, 1.54) is 14.7 Å². The van der Waals surface area contributed by atoms with Gasteiger partial charge in [-0.2, -0.15) is 13.2 Å². The quantitative estimate of drug-likeness (QED) is 0.572. The molecule has 0 spiro atoms. The largest absolute Gasteiger partial charge is 0.542 e. The van der Waals surface area contributed by atoms with E-state index in [-0.39, 0.29) is 10.9 Å². The summed E-state index contributed by atoms with van der Waals surface area (Å²) < 4.78 is 37.1. The van der Waals surface area contributed by atoms with Crippen molar-refractivity contribution in [3.05, 3.63) is 84.9 Å². The van der Waals surface area contributed by atoms with Crippen LogP contribution in [0.25, 0.3) is 0 Å². The van der Waals surface area contributed by atoms with E-state index in [1.54, 1.807) is 0 Å². The number of alkyl halides is 3. The van der Waals surface area contributed by atoms with Gasteiger partial charge < -0.3 is 14.6 Å². The van der Waals surface area contributed by atoms with Gasteiger partial charge in [0, 0.05) is 0 Å². The fourth-order valence-corrected chi connectivity index (χ4v) is 4.44. The van der Waals surface area contributed by atoms with Crippen molar-refractivity contribution < 1.29 is 27.8 Å². The number of carboxylic acid groups (broad SMARTS) is 1. The highest BCUT2D eigenvalue weighted by molar-refractivity contribution is 7.97. The standard InChI is InChI=1S/C20H19OS.C2HF3O2/c1-2-21-17-13-15-20(16-14-17)22(18-9-5-3-6-10-18)19-11-7-4-8-12-19;3-2(4,5)1(6)7/h3-16H,2H2,1H3;(H,6,7)/q+1;/p-1. The molecule has 0 atom stereocenters. The van der Waals surface area contributed by atoms with Crippen molar-refractivity contribution in [3.8, 4) is 5.75 Å². The molecule has 3 aromatic carbocycles. The molecule has 0 aliphatic rings. The average molecular weight is 420 g/mol. The van der Waals surface area contributed by atoms with E-state index in [4.69, 9.17) is 14.6 Å². The van der Waals surface area contributed by atoms with Crippen molar-refractivity contribution in [1.82, 2.24) is 0 Å². The van der Waals surface area contributed by atoms with Gasteiger partial charge in [-0.3, -0.25) is 0 Å². The van der Waals surface area contributed by atoms with Crippen LogP contribution >= 0.6 is 0 Å². The number of hydrogen-bond donors (Lipinski definition) is 0. The van der Waals surface area contributed by atoms with Crippen molar-refractivity contribution in [2.24, 2.45) is 0 Å². The van der Waals surface area contributed by atoms with Crippen LogP contribution in [0.3, 0.4) is 0 Å². The van der Waals surface area contributed by atoms with Crippen molar-refractivity contribution in [3.63, 3.8) is 0 Å². The SMILES string of the molecule is CCOc1ccc([S+](c2ccccc2)c2ccccc2)cc1.O=C([O-])C(F)(F)F. The lowest BCUT2D eigenvalue weighted by molar-refractivity contribution is -0.344. The van der Waals surface area contributed by atoms with Gasteiger partial charge in [-0.15, -0.1) is 0 Å². The zero-order valence-corrected chi connectivity index (χ0v) is 16.4. The number of benzene rings is 3. The van der Waals surface area contributed by atoms with E-state index in [2.05, 4.69) is 84.9 Å². The highest BCUT2D eigenvalue weighted by Crippen LogP contribution is 2.31. The van der Waals surface area contributed by atoms with Crippen molar-refractivity contribution in [2.45, 2.75) is 27.8 Å². The lowest BCUT2D eigenvalue weighted by Crippen LogP contribution is -2.37. The monoisotopic (exact) mass is 420 g/mol. The first-order valence-corrected chi connectivity index (χ1v) is 9.90. The van der Waals surface area contributed by atoms with E-state index in [9.17, 15) is 13.2 Å². The second-order valence-corrected chi connectivity index (χ2v) is 7.65. The van der Waals surface area contributed by atoms with Gasteiger partial charge in [0.25, 0.3) is 0 Å². The van der Waals surface area contributed by atoms with Crippen molar-refractivity contribution >= 4 is 16.9 Å². The zero-order valence-electron chi connectivity index (χ0n) is 15.6. The van der Waals surface area contributed by atoms with Crippen LogP contribution < -0.4 is 9.84 Å². The molecule has 3 nitrogen and oxygen atoms in total. The minimum Gasteiger partial charge on any atom is -0.542 e. The molecule has 0 unspecified atom stereocenters. The Morgan fingerprint density at radius 2 is 1.21 bits per heavy atom. The third-order valence-electron chi connectivity index (χ3n) is 3.56. The molecule has 0 radical (unpaired) electrons. The first-order chi connectivity index (χ1) is 13.8. The molecule has 0 amide bonds. The van der Waals surface area contributed by atoms with Crippen LogP contribution in [0, 0.1) is 0 Å². The Labute approximate surface area is 170 Å². The van der Waals surface area contributed by atoms with Gasteiger partial charge in [0.05, 0.1) is 17.5 Å². The fraction of sp³-hybridized carbons (Fsp3) is 0.136. The van der Waals surface area contributed by atoms with Crippen LogP contribution in [0.5, 0.6) is 5.75 Å². The third kappa shape index (κ3) is 6.87. The van der Waals surface area contributed by atoms with Crippen LogP contribution in [0.15, 0.2) is 99.6 Å². The molecule has 29 heavy (non-hydrogen) atoms. The van der Waals surface area contributed by atoms with Crippen molar-refractivity contribution in [1.29, 1.82) is 0 Å². The number of ether oxygens (including phenoxy) is 1. The molecule has 152 valence electrons. The van der Waals surface area contributed by atoms with E-state index < -0.39 is 12.1 Å². The minimum absolute atomic E-state index is 0.0824. The predicted molar refractivity (Wildman–Crippen MR) is 104 cm³/mol. The number of halogens is 3. The lowest BCUT2D eigenvalue weighted by atomic mass is 10.3. The fourth-order valence-electron chi connectivity index (χ4n) is 2.36. The summed E-state index contributed by atoms with van der Waals surface area (Å²) in [5.41, 5.74) is 0. The second-order valence-electron chi connectivity index (χ2n) is 5.62. The molecule has 0 N–H and O–H groups in total. The molecule has 3 rings (SSSR count). The zero-order chi connectivity index (χ0) is 21.3. The van der Waals surface area contributed by atoms with Crippen LogP contribution in [0.2, 0.25) is 0 Å². The summed E-state index contributed by atoms with van der Waals surface area (Å²) in [5.74, 6) is -2.08. The van der Waals surface area contributed by atoms with E-state index in [0.29, 0.717) is 6.61 Å². The number of carbonyl (C=O) groups is 1. The summed E-state index contributed by atoms with van der Waals surface area (Å²) in [4.78, 5) is 12.8. The second kappa shape index (κ2) is 10.6. The molecular weight excluding hydrogens is 401 g/mol. The maximum Gasteiger partial charge on any atom is 0.430 e. The van der Waals surface area contributed by atoms with Crippen LogP contribution in [-0.4, -0.2) is 18.8 Å². The van der Waals surface area contributed by atoms with E-state index in [1.807, 2.05) is 6.92 Å². The Morgan fingerprint density at radius 1 is 0.828 bits per heavy atom. The molecule has 0 saturated heterocycles. The molecule has 7 heteroatoms. The van der Waals surface area contributed by atoms with Gasteiger partial charge >= 0.3 is 6.18 Å². The van der Waals surface area contributed by atoms with Gasteiger partial charge in [-0.1, -0.05) is 36.4 Å². The smallest absolute Gasteiger partial charge is 0.430 e. The lowest BCUT2D eigenvalue weighted by Gasteiger charge is -2.08. The molecule has 0 saturated carbocycles. The maximum atomic E-state index is 10.5. The summed E-state index contributed by atoms with van der Waals surface area (Å²) in [7, 11) is -0.0824. The average Bonchev–Trinajstić information content (AvgIpc) is 2.71. The molecule has 0 aromatic heterocycles. The number of hydrogen-bond acceptors (Lipinski definition) is 3.